The van der Waals surface area contributed by atoms with Gasteiger partial charge in [-0.15, -0.1) is 11.8 Å². The van der Waals surface area contributed by atoms with Crippen molar-refractivity contribution in [1.82, 2.24) is 0 Å². The van der Waals surface area contributed by atoms with Crippen LogP contribution < -0.4 is 10.1 Å². The highest BCUT2D eigenvalue weighted by Crippen LogP contribution is 2.33. The summed E-state index contributed by atoms with van der Waals surface area (Å²) in [5, 5.41) is 14.4. The van der Waals surface area contributed by atoms with E-state index in [1.807, 2.05) is 56.3 Å². The predicted molar refractivity (Wildman–Crippen MR) is 120 cm³/mol. The zero-order chi connectivity index (χ0) is 21.7. The number of methoxy groups -OCH3 is 1. The minimum absolute atomic E-state index is 0.0817. The lowest BCUT2D eigenvalue weighted by Crippen LogP contribution is -2.13. The Kier molecular flexibility index (Phi) is 6.74. The molecule has 1 N–H and O–H groups in total. The Morgan fingerprint density at radius 3 is 2.43 bits per heavy atom. The summed E-state index contributed by atoms with van der Waals surface area (Å²) in [6.45, 7) is 3.88. The first-order chi connectivity index (χ1) is 14.4. The molecule has 0 aliphatic carbocycles. The molecule has 0 fully saturated rings. The highest BCUT2D eigenvalue weighted by atomic mass is 32.2. The SMILES string of the molecule is COc1ccc(CSc2ccc(C(=O)Nc3ccc(C)cc3C)cc2[N+](=O)[O-])cc1. The first kappa shape index (κ1) is 21.4. The van der Waals surface area contributed by atoms with Gasteiger partial charge in [-0.1, -0.05) is 29.8 Å². The smallest absolute Gasteiger partial charge is 0.283 e. The summed E-state index contributed by atoms with van der Waals surface area (Å²) < 4.78 is 5.14. The number of anilines is 1. The molecule has 0 aromatic heterocycles. The zero-order valence-electron chi connectivity index (χ0n) is 17.0. The second-order valence-electron chi connectivity index (χ2n) is 6.85. The first-order valence-electron chi connectivity index (χ1n) is 9.30. The van der Waals surface area contributed by atoms with Gasteiger partial charge in [0.25, 0.3) is 11.6 Å². The molecule has 0 aliphatic heterocycles. The number of nitrogens with zero attached hydrogens (tertiary/aromatic N) is 1. The van der Waals surface area contributed by atoms with E-state index in [-0.39, 0.29) is 17.2 Å². The minimum Gasteiger partial charge on any atom is -0.497 e. The molecule has 1 amide bonds. The van der Waals surface area contributed by atoms with Crippen LogP contribution in [0.3, 0.4) is 0 Å². The van der Waals surface area contributed by atoms with Crippen molar-refractivity contribution in [3.05, 3.63) is 93.0 Å². The Balaban J connectivity index is 1.76. The third-order valence-corrected chi connectivity index (χ3v) is 5.74. The normalized spacial score (nSPS) is 10.5. The van der Waals surface area contributed by atoms with Crippen molar-refractivity contribution in [3.63, 3.8) is 0 Å². The van der Waals surface area contributed by atoms with Gasteiger partial charge >= 0.3 is 0 Å². The number of carbonyl (C=O) groups is 1. The summed E-state index contributed by atoms with van der Waals surface area (Å²) in [4.78, 5) is 24.3. The lowest BCUT2D eigenvalue weighted by molar-refractivity contribution is -0.387. The van der Waals surface area contributed by atoms with Gasteiger partial charge < -0.3 is 10.1 Å². The van der Waals surface area contributed by atoms with E-state index in [1.54, 1.807) is 19.2 Å². The van der Waals surface area contributed by atoms with Crippen molar-refractivity contribution >= 4 is 29.0 Å². The molecule has 6 nitrogen and oxygen atoms in total. The van der Waals surface area contributed by atoms with Gasteiger partial charge in [-0.05, 0) is 55.3 Å². The Bertz CT molecular complexity index is 1080. The fourth-order valence-corrected chi connectivity index (χ4v) is 3.91. The van der Waals surface area contributed by atoms with E-state index in [0.717, 1.165) is 22.4 Å². The molecule has 30 heavy (non-hydrogen) atoms. The van der Waals surface area contributed by atoms with Crippen LogP contribution in [0.4, 0.5) is 11.4 Å². The second kappa shape index (κ2) is 9.45. The van der Waals surface area contributed by atoms with E-state index in [1.165, 1.54) is 17.8 Å². The number of hydrogen-bond donors (Lipinski definition) is 1. The maximum Gasteiger partial charge on any atom is 0.283 e. The van der Waals surface area contributed by atoms with E-state index < -0.39 is 4.92 Å². The molecule has 0 heterocycles. The predicted octanol–water partition coefficient (Wildman–Crippen LogP) is 5.76. The van der Waals surface area contributed by atoms with Crippen LogP contribution in [0.5, 0.6) is 5.75 Å². The van der Waals surface area contributed by atoms with Crippen LogP contribution in [0.15, 0.2) is 65.6 Å². The minimum atomic E-state index is -0.454. The number of nitro benzene ring substituents is 1. The lowest BCUT2D eigenvalue weighted by Gasteiger charge is -2.10. The average Bonchev–Trinajstić information content (AvgIpc) is 2.74. The highest BCUT2D eigenvalue weighted by Gasteiger charge is 2.18. The van der Waals surface area contributed by atoms with E-state index in [4.69, 9.17) is 4.74 Å². The number of ether oxygens (including phenoxy) is 1. The summed E-state index contributed by atoms with van der Waals surface area (Å²) in [6.07, 6.45) is 0. The number of aryl methyl sites for hydroxylation is 2. The number of nitro groups is 1. The quantitative estimate of drug-likeness (QED) is 0.297. The molecule has 0 radical (unpaired) electrons. The molecular weight excluding hydrogens is 400 g/mol. The molecule has 154 valence electrons. The van der Waals surface area contributed by atoms with Crippen molar-refractivity contribution in [1.29, 1.82) is 0 Å². The summed E-state index contributed by atoms with van der Waals surface area (Å²) in [5.41, 5.74) is 3.90. The molecular formula is C23H22N2O4S. The molecule has 3 aromatic rings. The van der Waals surface area contributed by atoms with E-state index in [9.17, 15) is 14.9 Å². The monoisotopic (exact) mass is 422 g/mol. The Labute approximate surface area is 179 Å². The van der Waals surface area contributed by atoms with Crippen molar-refractivity contribution in [2.45, 2.75) is 24.5 Å². The number of benzene rings is 3. The zero-order valence-corrected chi connectivity index (χ0v) is 17.8. The van der Waals surface area contributed by atoms with Crippen molar-refractivity contribution in [2.75, 3.05) is 12.4 Å². The van der Waals surface area contributed by atoms with E-state index in [2.05, 4.69) is 5.32 Å². The van der Waals surface area contributed by atoms with Crippen LogP contribution in [-0.2, 0) is 5.75 Å². The van der Waals surface area contributed by atoms with Crippen LogP contribution in [-0.4, -0.2) is 17.9 Å². The third kappa shape index (κ3) is 5.18. The summed E-state index contributed by atoms with van der Waals surface area (Å²) in [5.74, 6) is 0.949. The van der Waals surface area contributed by atoms with Crippen molar-refractivity contribution in [3.8, 4) is 5.75 Å². The van der Waals surface area contributed by atoms with Gasteiger partial charge in [0.2, 0.25) is 0 Å². The second-order valence-corrected chi connectivity index (χ2v) is 7.87. The van der Waals surface area contributed by atoms with Crippen LogP contribution >= 0.6 is 11.8 Å². The first-order valence-corrected chi connectivity index (χ1v) is 10.3. The molecule has 0 unspecified atom stereocenters. The van der Waals surface area contributed by atoms with Gasteiger partial charge in [-0.2, -0.15) is 0 Å². The number of hydrogen-bond acceptors (Lipinski definition) is 5. The van der Waals surface area contributed by atoms with Crippen molar-refractivity contribution in [2.24, 2.45) is 0 Å². The topological polar surface area (TPSA) is 81.5 Å². The van der Waals surface area contributed by atoms with Crippen LogP contribution in [0, 0.1) is 24.0 Å². The van der Waals surface area contributed by atoms with Gasteiger partial charge in [-0.25, -0.2) is 0 Å². The number of amides is 1. The molecule has 0 atom stereocenters. The molecule has 7 heteroatoms. The highest BCUT2D eigenvalue weighted by molar-refractivity contribution is 7.98. The largest absolute Gasteiger partial charge is 0.497 e. The number of nitrogens with one attached hydrogen (secondary N) is 1. The van der Waals surface area contributed by atoms with Gasteiger partial charge in [-0.3, -0.25) is 14.9 Å². The summed E-state index contributed by atoms with van der Waals surface area (Å²) >= 11 is 1.36. The Hall–Kier alpha value is -3.32. The lowest BCUT2D eigenvalue weighted by atomic mass is 10.1. The molecule has 3 rings (SSSR count). The standard InChI is InChI=1S/C23H22N2O4S/c1-15-4-10-20(16(2)12-15)24-23(26)18-7-11-22(21(13-18)25(27)28)30-14-17-5-8-19(29-3)9-6-17/h4-13H,14H2,1-3H3,(H,24,26). The molecule has 0 spiro atoms. The maximum absolute atomic E-state index is 12.6. The molecule has 3 aromatic carbocycles. The van der Waals surface area contributed by atoms with Crippen LogP contribution in [0.2, 0.25) is 0 Å². The van der Waals surface area contributed by atoms with Crippen molar-refractivity contribution < 1.29 is 14.5 Å². The Morgan fingerprint density at radius 1 is 1.07 bits per heavy atom. The number of carbonyl (C=O) groups excluding carboxylic acids is 1. The fraction of sp³-hybridized carbons (Fsp3) is 0.174. The van der Waals surface area contributed by atoms with Crippen LogP contribution in [0.1, 0.15) is 27.0 Å². The number of rotatable bonds is 7. The molecule has 0 saturated carbocycles. The van der Waals surface area contributed by atoms with Crippen LogP contribution in [0.25, 0.3) is 0 Å². The fourth-order valence-electron chi connectivity index (χ4n) is 2.95. The van der Waals surface area contributed by atoms with Gasteiger partial charge in [0.15, 0.2) is 0 Å². The van der Waals surface area contributed by atoms with Gasteiger partial charge in [0.1, 0.15) is 5.75 Å². The number of thioether (sulfide) groups is 1. The van der Waals surface area contributed by atoms with Gasteiger partial charge in [0.05, 0.1) is 16.9 Å². The average molecular weight is 423 g/mol. The van der Waals surface area contributed by atoms with E-state index in [0.29, 0.717) is 16.3 Å². The third-order valence-electron chi connectivity index (χ3n) is 4.60. The van der Waals surface area contributed by atoms with E-state index >= 15 is 0 Å². The molecule has 0 saturated heterocycles. The molecule has 0 aliphatic rings. The maximum atomic E-state index is 12.6. The van der Waals surface area contributed by atoms with Gasteiger partial charge in [0, 0.05) is 23.1 Å². The Morgan fingerprint density at radius 2 is 1.80 bits per heavy atom. The molecule has 0 bridgehead atoms. The summed E-state index contributed by atoms with van der Waals surface area (Å²) in [7, 11) is 1.60. The summed E-state index contributed by atoms with van der Waals surface area (Å²) in [6, 6.07) is 17.8.